The Balaban J connectivity index is 1.61. The molecule has 2 aromatic rings. The highest BCUT2D eigenvalue weighted by atomic mass is 32.1. The van der Waals surface area contributed by atoms with Gasteiger partial charge in [-0.1, -0.05) is 20.8 Å². The SMILES string of the molecule is Cc1ccc(C(CNCc2cnc(C(C)(C)C)s2)N2CCOCC2)o1. The molecule has 1 atom stereocenters. The molecule has 5 nitrogen and oxygen atoms in total. The molecule has 138 valence electrons. The minimum absolute atomic E-state index is 0.116. The van der Waals surface area contributed by atoms with Crippen LogP contribution in [0.25, 0.3) is 0 Å². The third-order valence-electron chi connectivity index (χ3n) is 4.41. The summed E-state index contributed by atoms with van der Waals surface area (Å²) in [7, 11) is 0. The van der Waals surface area contributed by atoms with E-state index in [2.05, 4.69) is 42.0 Å². The first-order chi connectivity index (χ1) is 11.9. The molecule has 2 aromatic heterocycles. The smallest absolute Gasteiger partial charge is 0.122 e. The number of aryl methyl sites for hydroxylation is 1. The molecule has 3 heterocycles. The van der Waals surface area contributed by atoms with Gasteiger partial charge in [-0.05, 0) is 19.1 Å². The van der Waals surface area contributed by atoms with Crippen molar-refractivity contribution in [1.29, 1.82) is 0 Å². The summed E-state index contributed by atoms with van der Waals surface area (Å²) in [5.74, 6) is 2.00. The second-order valence-electron chi connectivity index (χ2n) is 7.63. The molecule has 1 fully saturated rings. The molecule has 1 unspecified atom stereocenters. The molecule has 0 radical (unpaired) electrons. The molecule has 0 aliphatic carbocycles. The van der Waals surface area contributed by atoms with Crippen LogP contribution in [0.3, 0.4) is 0 Å². The van der Waals surface area contributed by atoms with Crippen LogP contribution >= 0.6 is 11.3 Å². The third-order valence-corrected chi connectivity index (χ3v) is 5.83. The number of nitrogens with one attached hydrogen (secondary N) is 1. The monoisotopic (exact) mass is 363 g/mol. The van der Waals surface area contributed by atoms with Crippen LogP contribution < -0.4 is 5.32 Å². The van der Waals surface area contributed by atoms with Crippen molar-refractivity contribution in [3.05, 3.63) is 39.7 Å². The summed E-state index contributed by atoms with van der Waals surface area (Å²) in [6.45, 7) is 13.8. The van der Waals surface area contributed by atoms with Crippen LogP contribution in [0.15, 0.2) is 22.7 Å². The first kappa shape index (κ1) is 18.6. The Hall–Kier alpha value is -1.21. The lowest BCUT2D eigenvalue weighted by Gasteiger charge is -2.33. The van der Waals surface area contributed by atoms with Crippen LogP contribution in [0.1, 0.15) is 48.2 Å². The number of nitrogens with zero attached hydrogens (tertiary/aromatic N) is 2. The predicted octanol–water partition coefficient (Wildman–Crippen LogP) is 3.51. The predicted molar refractivity (Wildman–Crippen MR) is 101 cm³/mol. The van der Waals surface area contributed by atoms with Crippen molar-refractivity contribution in [2.24, 2.45) is 0 Å². The van der Waals surface area contributed by atoms with Gasteiger partial charge >= 0.3 is 0 Å². The molecule has 1 aliphatic heterocycles. The van der Waals surface area contributed by atoms with Gasteiger partial charge in [0.1, 0.15) is 11.5 Å². The van der Waals surface area contributed by atoms with E-state index < -0.39 is 0 Å². The first-order valence-electron chi connectivity index (χ1n) is 8.97. The Bertz CT molecular complexity index is 668. The minimum atomic E-state index is 0.116. The number of aromatic nitrogens is 1. The number of rotatable bonds is 6. The summed E-state index contributed by atoms with van der Waals surface area (Å²) in [5, 5.41) is 4.79. The Morgan fingerprint density at radius 1 is 1.28 bits per heavy atom. The van der Waals surface area contributed by atoms with Gasteiger partial charge in [0.15, 0.2) is 0 Å². The molecular weight excluding hydrogens is 334 g/mol. The molecule has 0 spiro atoms. The van der Waals surface area contributed by atoms with E-state index in [-0.39, 0.29) is 11.5 Å². The van der Waals surface area contributed by atoms with Crippen LogP contribution in [0.4, 0.5) is 0 Å². The third kappa shape index (κ3) is 4.91. The number of thiazole rings is 1. The Morgan fingerprint density at radius 2 is 2.04 bits per heavy atom. The van der Waals surface area contributed by atoms with Crippen LogP contribution in [0.2, 0.25) is 0 Å². The molecule has 0 saturated carbocycles. The van der Waals surface area contributed by atoms with Crippen LogP contribution in [-0.4, -0.2) is 42.7 Å². The molecule has 3 rings (SSSR count). The van der Waals surface area contributed by atoms with Gasteiger partial charge in [-0.3, -0.25) is 4.90 Å². The molecule has 25 heavy (non-hydrogen) atoms. The van der Waals surface area contributed by atoms with Gasteiger partial charge in [-0.25, -0.2) is 4.98 Å². The van der Waals surface area contributed by atoms with Crippen molar-refractivity contribution in [2.75, 3.05) is 32.8 Å². The summed E-state index contributed by atoms with van der Waals surface area (Å²) in [5.41, 5.74) is 0.116. The number of hydrogen-bond donors (Lipinski definition) is 1. The molecule has 0 amide bonds. The topological polar surface area (TPSA) is 50.5 Å². The fourth-order valence-corrected chi connectivity index (χ4v) is 3.94. The van der Waals surface area contributed by atoms with Crippen molar-refractivity contribution < 1.29 is 9.15 Å². The van der Waals surface area contributed by atoms with Crippen molar-refractivity contribution in [3.8, 4) is 0 Å². The van der Waals surface area contributed by atoms with E-state index in [1.54, 1.807) is 11.3 Å². The molecule has 0 bridgehead atoms. The zero-order valence-corrected chi connectivity index (χ0v) is 16.5. The number of furan rings is 1. The minimum Gasteiger partial charge on any atom is -0.465 e. The van der Waals surface area contributed by atoms with Gasteiger partial charge < -0.3 is 14.5 Å². The molecule has 6 heteroatoms. The van der Waals surface area contributed by atoms with Crippen molar-refractivity contribution in [3.63, 3.8) is 0 Å². The number of ether oxygens (including phenoxy) is 1. The van der Waals surface area contributed by atoms with E-state index in [0.29, 0.717) is 0 Å². The van der Waals surface area contributed by atoms with Crippen molar-refractivity contribution in [2.45, 2.75) is 45.7 Å². The van der Waals surface area contributed by atoms with Crippen LogP contribution in [-0.2, 0) is 16.7 Å². The summed E-state index contributed by atoms with van der Waals surface area (Å²) < 4.78 is 11.4. The van der Waals surface area contributed by atoms with Gasteiger partial charge in [0.2, 0.25) is 0 Å². The standard InChI is InChI=1S/C19H29N3O2S/c1-14-5-6-17(24-14)16(22-7-9-23-10-8-22)13-20-11-15-12-21-18(25-15)19(2,3)4/h5-6,12,16,20H,7-11,13H2,1-4H3. The van der Waals surface area contributed by atoms with Crippen molar-refractivity contribution in [1.82, 2.24) is 15.2 Å². The van der Waals surface area contributed by atoms with E-state index in [9.17, 15) is 0 Å². The normalized spacial score (nSPS) is 17.8. The van der Waals surface area contributed by atoms with Gasteiger partial charge in [0, 0.05) is 42.7 Å². The van der Waals surface area contributed by atoms with Gasteiger partial charge in [0.05, 0.1) is 24.3 Å². The molecule has 1 N–H and O–H groups in total. The first-order valence-corrected chi connectivity index (χ1v) is 9.79. The largest absolute Gasteiger partial charge is 0.465 e. The molecular formula is C19H29N3O2S. The van der Waals surface area contributed by atoms with E-state index in [1.165, 1.54) is 9.88 Å². The summed E-state index contributed by atoms with van der Waals surface area (Å²) in [6, 6.07) is 4.39. The maximum absolute atomic E-state index is 5.92. The highest BCUT2D eigenvalue weighted by Crippen LogP contribution is 2.27. The summed E-state index contributed by atoms with van der Waals surface area (Å²) in [6.07, 6.45) is 2.00. The van der Waals surface area contributed by atoms with E-state index in [0.717, 1.165) is 50.9 Å². The average Bonchev–Trinajstić information content (AvgIpc) is 3.21. The molecule has 0 aromatic carbocycles. The number of morpholine rings is 1. The lowest BCUT2D eigenvalue weighted by atomic mass is 9.98. The summed E-state index contributed by atoms with van der Waals surface area (Å²) in [4.78, 5) is 8.30. The maximum atomic E-state index is 5.92. The average molecular weight is 364 g/mol. The lowest BCUT2D eigenvalue weighted by Crippen LogP contribution is -2.42. The highest BCUT2D eigenvalue weighted by molar-refractivity contribution is 7.11. The second kappa shape index (κ2) is 7.99. The molecule has 1 aliphatic rings. The van der Waals surface area contributed by atoms with E-state index in [1.807, 2.05) is 19.2 Å². The fraction of sp³-hybridized carbons (Fsp3) is 0.632. The highest BCUT2D eigenvalue weighted by Gasteiger charge is 2.25. The quantitative estimate of drug-likeness (QED) is 0.851. The fourth-order valence-electron chi connectivity index (χ4n) is 3.00. The maximum Gasteiger partial charge on any atom is 0.122 e. The Kier molecular flexibility index (Phi) is 5.94. The zero-order valence-electron chi connectivity index (χ0n) is 15.7. The van der Waals surface area contributed by atoms with E-state index >= 15 is 0 Å². The van der Waals surface area contributed by atoms with Gasteiger partial charge in [0.25, 0.3) is 0 Å². The molecule has 1 saturated heterocycles. The second-order valence-corrected chi connectivity index (χ2v) is 8.74. The van der Waals surface area contributed by atoms with Crippen molar-refractivity contribution >= 4 is 11.3 Å². The van der Waals surface area contributed by atoms with E-state index in [4.69, 9.17) is 9.15 Å². The number of hydrogen-bond acceptors (Lipinski definition) is 6. The summed E-state index contributed by atoms with van der Waals surface area (Å²) >= 11 is 1.80. The van der Waals surface area contributed by atoms with Crippen LogP contribution in [0.5, 0.6) is 0 Å². The van der Waals surface area contributed by atoms with Crippen LogP contribution in [0, 0.1) is 6.92 Å². The zero-order chi connectivity index (χ0) is 17.9. The van der Waals surface area contributed by atoms with Gasteiger partial charge in [-0.15, -0.1) is 11.3 Å². The Labute approximate surface area is 154 Å². The lowest BCUT2D eigenvalue weighted by molar-refractivity contribution is 0.0115. The Morgan fingerprint density at radius 3 is 2.64 bits per heavy atom. The van der Waals surface area contributed by atoms with Gasteiger partial charge in [-0.2, -0.15) is 0 Å².